The minimum atomic E-state index is 0.692. The van der Waals surface area contributed by atoms with E-state index in [0.29, 0.717) is 13.2 Å². The van der Waals surface area contributed by atoms with Gasteiger partial charge in [0.2, 0.25) is 5.95 Å². The van der Waals surface area contributed by atoms with Gasteiger partial charge >= 0.3 is 0 Å². The van der Waals surface area contributed by atoms with Crippen LogP contribution in [-0.4, -0.2) is 72.4 Å². The third-order valence-electron chi connectivity index (χ3n) is 5.42. The van der Waals surface area contributed by atoms with Gasteiger partial charge in [-0.25, -0.2) is 15.0 Å². The number of morpholine rings is 1. The third-order valence-corrected chi connectivity index (χ3v) is 6.72. The summed E-state index contributed by atoms with van der Waals surface area (Å²) in [4.78, 5) is 23.6. The van der Waals surface area contributed by atoms with Crippen molar-refractivity contribution in [1.29, 1.82) is 0 Å². The zero-order chi connectivity index (χ0) is 21.0. The van der Waals surface area contributed by atoms with E-state index < -0.39 is 0 Å². The van der Waals surface area contributed by atoms with Crippen LogP contribution in [0, 0.1) is 0 Å². The number of ether oxygens (including phenoxy) is 1. The van der Waals surface area contributed by atoms with Crippen LogP contribution >= 0.6 is 23.4 Å². The van der Waals surface area contributed by atoms with Crippen LogP contribution in [0.15, 0.2) is 35.6 Å². The average Bonchev–Trinajstić information content (AvgIpc) is 2.84. The minimum absolute atomic E-state index is 0.692. The van der Waals surface area contributed by atoms with E-state index in [1.165, 1.54) is 5.56 Å². The maximum atomic E-state index is 6.02. The van der Waals surface area contributed by atoms with Crippen LogP contribution in [0.5, 0.6) is 0 Å². The van der Waals surface area contributed by atoms with Crippen LogP contribution in [-0.2, 0) is 10.5 Å². The number of aromatic nitrogens is 4. The van der Waals surface area contributed by atoms with E-state index in [-0.39, 0.29) is 0 Å². The quantitative estimate of drug-likeness (QED) is 0.459. The first-order chi connectivity index (χ1) is 15.3. The first-order valence-corrected chi connectivity index (χ1v) is 11.8. The molecular weight excluding hydrogens is 434 g/mol. The number of piperazine rings is 1. The standard InChI is InChI=1S/C21H24ClN7OS/c22-16-3-1-15(2-4-16)13-31-20-18-17(24-14-25-20)19(28-9-11-30-12-10-28)27-21(26-18)29-7-5-23-6-8-29/h1-4,14,23H,5-13H2. The second kappa shape index (κ2) is 9.52. The summed E-state index contributed by atoms with van der Waals surface area (Å²) in [7, 11) is 0. The number of nitrogens with zero attached hydrogens (tertiary/aromatic N) is 6. The number of hydrogen-bond acceptors (Lipinski definition) is 9. The zero-order valence-corrected chi connectivity index (χ0v) is 18.7. The molecule has 8 nitrogen and oxygen atoms in total. The number of anilines is 2. The molecule has 31 heavy (non-hydrogen) atoms. The van der Waals surface area contributed by atoms with Gasteiger partial charge in [-0.15, -0.1) is 0 Å². The molecule has 2 saturated heterocycles. The van der Waals surface area contributed by atoms with Gasteiger partial charge in [-0.3, -0.25) is 0 Å². The van der Waals surface area contributed by atoms with Crippen molar-refractivity contribution in [3.05, 3.63) is 41.2 Å². The fraction of sp³-hybridized carbons (Fsp3) is 0.429. The normalized spacial score (nSPS) is 17.3. The molecule has 0 atom stereocenters. The molecule has 2 aromatic heterocycles. The summed E-state index contributed by atoms with van der Waals surface area (Å²) in [5.41, 5.74) is 2.80. The molecule has 0 aliphatic carbocycles. The lowest BCUT2D eigenvalue weighted by molar-refractivity contribution is 0.122. The molecule has 10 heteroatoms. The van der Waals surface area contributed by atoms with Crippen molar-refractivity contribution in [3.8, 4) is 0 Å². The van der Waals surface area contributed by atoms with Crippen molar-refractivity contribution < 1.29 is 4.74 Å². The van der Waals surface area contributed by atoms with Crippen molar-refractivity contribution in [2.45, 2.75) is 10.8 Å². The minimum Gasteiger partial charge on any atom is -0.378 e. The lowest BCUT2D eigenvalue weighted by atomic mass is 10.2. The largest absolute Gasteiger partial charge is 0.378 e. The number of benzene rings is 1. The lowest BCUT2D eigenvalue weighted by Gasteiger charge is -2.31. The van der Waals surface area contributed by atoms with Gasteiger partial charge in [0.25, 0.3) is 0 Å². The zero-order valence-electron chi connectivity index (χ0n) is 17.1. The Morgan fingerprint density at radius 1 is 0.935 bits per heavy atom. The smallest absolute Gasteiger partial charge is 0.228 e. The molecule has 0 radical (unpaired) electrons. The topological polar surface area (TPSA) is 79.3 Å². The number of nitrogens with one attached hydrogen (secondary N) is 1. The van der Waals surface area contributed by atoms with E-state index in [1.807, 2.05) is 24.3 Å². The van der Waals surface area contributed by atoms with Crippen molar-refractivity contribution in [1.82, 2.24) is 25.3 Å². The molecule has 2 fully saturated rings. The van der Waals surface area contributed by atoms with Crippen LogP contribution < -0.4 is 15.1 Å². The summed E-state index contributed by atoms with van der Waals surface area (Å²) in [6, 6.07) is 7.91. The summed E-state index contributed by atoms with van der Waals surface area (Å²) < 4.78 is 5.55. The van der Waals surface area contributed by atoms with Gasteiger partial charge in [0.1, 0.15) is 22.4 Å². The van der Waals surface area contributed by atoms with E-state index in [2.05, 4.69) is 25.1 Å². The summed E-state index contributed by atoms with van der Waals surface area (Å²) in [6.07, 6.45) is 1.62. The molecule has 3 aromatic rings. The van der Waals surface area contributed by atoms with Crippen LogP contribution in [0.4, 0.5) is 11.8 Å². The van der Waals surface area contributed by atoms with Crippen LogP contribution in [0.2, 0.25) is 5.02 Å². The molecule has 0 bridgehead atoms. The van der Waals surface area contributed by atoms with Gasteiger partial charge in [0.15, 0.2) is 5.82 Å². The predicted molar refractivity (Wildman–Crippen MR) is 124 cm³/mol. The van der Waals surface area contributed by atoms with Crippen molar-refractivity contribution >= 4 is 46.2 Å². The lowest BCUT2D eigenvalue weighted by Crippen LogP contribution is -2.44. The Balaban J connectivity index is 1.53. The Kier molecular flexibility index (Phi) is 6.35. The highest BCUT2D eigenvalue weighted by molar-refractivity contribution is 7.98. The van der Waals surface area contributed by atoms with Gasteiger partial charge in [-0.1, -0.05) is 35.5 Å². The molecule has 2 aliphatic heterocycles. The van der Waals surface area contributed by atoms with Gasteiger partial charge in [-0.2, -0.15) is 4.98 Å². The fourth-order valence-electron chi connectivity index (χ4n) is 3.74. The Bertz CT molecular complexity index is 1040. The summed E-state index contributed by atoms with van der Waals surface area (Å²) in [5.74, 6) is 2.40. The van der Waals surface area contributed by atoms with Crippen molar-refractivity contribution in [3.63, 3.8) is 0 Å². The maximum absolute atomic E-state index is 6.02. The van der Waals surface area contributed by atoms with E-state index >= 15 is 0 Å². The predicted octanol–water partition coefficient (Wildman–Crippen LogP) is 2.61. The van der Waals surface area contributed by atoms with Crippen LogP contribution in [0.25, 0.3) is 11.0 Å². The van der Waals surface area contributed by atoms with Gasteiger partial charge < -0.3 is 19.9 Å². The SMILES string of the molecule is Clc1ccc(CSc2ncnc3c(N4CCOCC4)nc(N4CCNCC4)nc23)cc1. The highest BCUT2D eigenvalue weighted by atomic mass is 35.5. The molecule has 1 aromatic carbocycles. The Hall–Kier alpha value is -2.20. The fourth-order valence-corrected chi connectivity index (χ4v) is 4.76. The maximum Gasteiger partial charge on any atom is 0.228 e. The molecule has 162 valence electrons. The van der Waals surface area contributed by atoms with E-state index in [9.17, 15) is 0 Å². The van der Waals surface area contributed by atoms with Crippen LogP contribution in [0.3, 0.4) is 0 Å². The van der Waals surface area contributed by atoms with Crippen LogP contribution in [0.1, 0.15) is 5.56 Å². The average molecular weight is 458 g/mol. The Morgan fingerprint density at radius 2 is 1.71 bits per heavy atom. The monoisotopic (exact) mass is 457 g/mol. The molecule has 2 aliphatic rings. The Labute approximate surface area is 190 Å². The number of hydrogen-bond donors (Lipinski definition) is 1. The Morgan fingerprint density at radius 3 is 2.48 bits per heavy atom. The second-order valence-corrected chi connectivity index (χ2v) is 8.88. The second-order valence-electron chi connectivity index (χ2n) is 7.47. The van der Waals surface area contributed by atoms with Gasteiger partial charge in [0.05, 0.1) is 13.2 Å². The molecule has 4 heterocycles. The number of halogens is 1. The number of rotatable bonds is 5. The highest BCUT2D eigenvalue weighted by Crippen LogP contribution is 2.32. The van der Waals surface area contributed by atoms with Gasteiger partial charge in [-0.05, 0) is 17.7 Å². The van der Waals surface area contributed by atoms with Crippen molar-refractivity contribution in [2.24, 2.45) is 0 Å². The molecule has 0 saturated carbocycles. The summed E-state index contributed by atoms with van der Waals surface area (Å²) in [6.45, 7) is 6.60. The van der Waals surface area contributed by atoms with Crippen molar-refractivity contribution in [2.75, 3.05) is 62.3 Å². The van der Waals surface area contributed by atoms with Gasteiger partial charge in [0, 0.05) is 50.0 Å². The highest BCUT2D eigenvalue weighted by Gasteiger charge is 2.23. The van der Waals surface area contributed by atoms with E-state index in [1.54, 1.807) is 18.1 Å². The number of thioether (sulfide) groups is 1. The first kappa shape index (κ1) is 20.7. The number of fused-ring (bicyclic) bond motifs is 1. The summed E-state index contributed by atoms with van der Waals surface area (Å²) >= 11 is 7.68. The molecular formula is C21H24ClN7OS. The summed E-state index contributed by atoms with van der Waals surface area (Å²) in [5, 5.41) is 5.00. The molecule has 5 rings (SSSR count). The first-order valence-electron chi connectivity index (χ1n) is 10.5. The molecule has 0 unspecified atom stereocenters. The third kappa shape index (κ3) is 4.69. The van der Waals surface area contributed by atoms with E-state index in [4.69, 9.17) is 26.3 Å². The molecule has 0 amide bonds. The molecule has 0 spiro atoms. The van der Waals surface area contributed by atoms with E-state index in [0.717, 1.165) is 77.9 Å². The molecule has 1 N–H and O–H groups in total.